The summed E-state index contributed by atoms with van der Waals surface area (Å²) >= 11 is 0. The molecule has 0 spiro atoms. The van der Waals surface area contributed by atoms with E-state index in [9.17, 15) is 9.59 Å². The number of aryl methyl sites for hydroxylation is 1. The minimum Gasteiger partial charge on any atom is -0.493 e. The second-order valence-corrected chi connectivity index (χ2v) is 9.65. The number of amides is 2. The Morgan fingerprint density at radius 1 is 1.03 bits per heavy atom. The summed E-state index contributed by atoms with van der Waals surface area (Å²) in [6.45, 7) is 4.22. The van der Waals surface area contributed by atoms with Crippen molar-refractivity contribution in [3.63, 3.8) is 0 Å². The molecule has 1 aromatic heterocycles. The average molecular weight is 512 g/mol. The summed E-state index contributed by atoms with van der Waals surface area (Å²) in [5.41, 5.74) is 3.66. The number of nitrogens with zero attached hydrogens (tertiary/aromatic N) is 4. The summed E-state index contributed by atoms with van der Waals surface area (Å²) in [6, 6.07) is 21.8. The standard InChI is InChI=1S/C30H33N5O3/c1-3-38-27-19-11-7-15-23(27)29(30(37)31-22-13-5-6-14-22)35(25-17-9-4-12-21(25)2)28(36)20-34-26-18-10-8-16-24(26)32-33-34/h4,7-12,15-19,22,29H,3,5-6,13-14,20H2,1-2H3,(H,31,37)/t29-/m1/s1. The average Bonchev–Trinajstić information content (AvgIpc) is 3.59. The molecular weight excluding hydrogens is 478 g/mol. The van der Waals surface area contributed by atoms with Crippen LogP contribution in [0.5, 0.6) is 5.75 Å². The van der Waals surface area contributed by atoms with E-state index in [1.807, 2.05) is 86.6 Å². The van der Waals surface area contributed by atoms with Crippen molar-refractivity contribution in [2.75, 3.05) is 11.5 Å². The van der Waals surface area contributed by atoms with E-state index in [-0.39, 0.29) is 24.4 Å². The third-order valence-electron chi connectivity index (χ3n) is 7.07. The summed E-state index contributed by atoms with van der Waals surface area (Å²) in [7, 11) is 0. The largest absolute Gasteiger partial charge is 0.493 e. The van der Waals surface area contributed by atoms with Gasteiger partial charge in [0.2, 0.25) is 11.8 Å². The second kappa shape index (κ2) is 11.5. The topological polar surface area (TPSA) is 89.4 Å². The number of aromatic nitrogens is 3. The van der Waals surface area contributed by atoms with Gasteiger partial charge in [0, 0.05) is 17.3 Å². The Morgan fingerprint density at radius 3 is 2.53 bits per heavy atom. The van der Waals surface area contributed by atoms with Gasteiger partial charge < -0.3 is 10.1 Å². The number of carbonyl (C=O) groups is 2. The SMILES string of the molecule is CCOc1ccccc1[C@H](C(=O)NC1CCCC1)N(C(=O)Cn1nnc2ccccc21)c1ccccc1C. The van der Waals surface area contributed by atoms with E-state index >= 15 is 0 Å². The van der Waals surface area contributed by atoms with Crippen LogP contribution in [0.3, 0.4) is 0 Å². The number of rotatable bonds is 9. The molecule has 0 unspecified atom stereocenters. The van der Waals surface area contributed by atoms with Crippen LogP contribution in [0.4, 0.5) is 5.69 Å². The van der Waals surface area contributed by atoms with Crippen molar-refractivity contribution in [2.45, 2.75) is 58.2 Å². The number of anilines is 1. The monoisotopic (exact) mass is 511 g/mol. The molecule has 8 nitrogen and oxygen atoms in total. The van der Waals surface area contributed by atoms with Crippen LogP contribution in [0.1, 0.15) is 49.8 Å². The number of fused-ring (bicyclic) bond motifs is 1. The first-order valence-electron chi connectivity index (χ1n) is 13.2. The fourth-order valence-electron chi connectivity index (χ4n) is 5.23. The van der Waals surface area contributed by atoms with Gasteiger partial charge >= 0.3 is 0 Å². The van der Waals surface area contributed by atoms with Crippen LogP contribution >= 0.6 is 0 Å². The number of para-hydroxylation sites is 3. The highest BCUT2D eigenvalue weighted by molar-refractivity contribution is 6.02. The summed E-state index contributed by atoms with van der Waals surface area (Å²) in [5, 5.41) is 11.7. The fourth-order valence-corrected chi connectivity index (χ4v) is 5.23. The van der Waals surface area contributed by atoms with Crippen molar-refractivity contribution in [2.24, 2.45) is 0 Å². The Morgan fingerprint density at radius 2 is 1.74 bits per heavy atom. The number of hydrogen-bond acceptors (Lipinski definition) is 5. The lowest BCUT2D eigenvalue weighted by Gasteiger charge is -2.34. The van der Waals surface area contributed by atoms with Crippen molar-refractivity contribution in [3.05, 3.63) is 83.9 Å². The quantitative estimate of drug-likeness (QED) is 0.343. The van der Waals surface area contributed by atoms with Crippen LogP contribution in [0.25, 0.3) is 11.0 Å². The molecule has 1 saturated carbocycles. The predicted molar refractivity (Wildman–Crippen MR) is 147 cm³/mol. The summed E-state index contributed by atoms with van der Waals surface area (Å²) < 4.78 is 7.54. The highest BCUT2D eigenvalue weighted by Crippen LogP contribution is 2.36. The van der Waals surface area contributed by atoms with E-state index in [0.29, 0.717) is 29.1 Å². The van der Waals surface area contributed by atoms with Crippen LogP contribution in [-0.2, 0) is 16.1 Å². The predicted octanol–water partition coefficient (Wildman–Crippen LogP) is 4.97. The smallest absolute Gasteiger partial charge is 0.249 e. The normalized spacial score (nSPS) is 14.4. The van der Waals surface area contributed by atoms with Crippen LogP contribution < -0.4 is 15.0 Å². The molecule has 1 aliphatic rings. The van der Waals surface area contributed by atoms with Gasteiger partial charge in [-0.05, 0) is 56.5 Å². The van der Waals surface area contributed by atoms with Crippen molar-refractivity contribution in [1.82, 2.24) is 20.3 Å². The number of nitrogens with one attached hydrogen (secondary N) is 1. The lowest BCUT2D eigenvalue weighted by atomic mass is 10.00. The van der Waals surface area contributed by atoms with Crippen LogP contribution in [0.15, 0.2) is 72.8 Å². The zero-order valence-electron chi connectivity index (χ0n) is 21.8. The molecule has 196 valence electrons. The molecule has 1 fully saturated rings. The molecular formula is C30H33N5O3. The zero-order valence-corrected chi connectivity index (χ0v) is 21.8. The van der Waals surface area contributed by atoms with Gasteiger partial charge in [0.15, 0.2) is 0 Å². The van der Waals surface area contributed by atoms with Crippen molar-refractivity contribution >= 4 is 28.5 Å². The molecule has 0 bridgehead atoms. The second-order valence-electron chi connectivity index (χ2n) is 9.65. The van der Waals surface area contributed by atoms with Gasteiger partial charge in [-0.3, -0.25) is 14.5 Å². The maximum atomic E-state index is 14.2. The Balaban J connectivity index is 1.62. The van der Waals surface area contributed by atoms with Crippen LogP contribution in [0, 0.1) is 6.92 Å². The third kappa shape index (κ3) is 5.25. The number of carbonyl (C=O) groups excluding carboxylic acids is 2. The number of hydrogen-bond donors (Lipinski definition) is 1. The van der Waals surface area contributed by atoms with Gasteiger partial charge in [-0.1, -0.05) is 66.6 Å². The first-order valence-corrected chi connectivity index (χ1v) is 13.2. The van der Waals surface area contributed by atoms with Crippen molar-refractivity contribution in [3.8, 4) is 5.75 Å². The van der Waals surface area contributed by atoms with Crippen LogP contribution in [0.2, 0.25) is 0 Å². The van der Waals surface area contributed by atoms with Gasteiger partial charge in [-0.15, -0.1) is 5.10 Å². The van der Waals surface area contributed by atoms with E-state index in [1.165, 1.54) is 0 Å². The highest BCUT2D eigenvalue weighted by Gasteiger charge is 2.37. The first kappa shape index (κ1) is 25.4. The van der Waals surface area contributed by atoms with E-state index in [0.717, 1.165) is 36.8 Å². The number of benzene rings is 3. The van der Waals surface area contributed by atoms with E-state index in [4.69, 9.17) is 4.74 Å². The van der Waals surface area contributed by atoms with Gasteiger partial charge in [0.05, 0.1) is 12.1 Å². The Hall–Kier alpha value is -4.20. The maximum absolute atomic E-state index is 14.2. The van der Waals surface area contributed by atoms with Gasteiger partial charge in [-0.2, -0.15) is 0 Å². The fraction of sp³-hybridized carbons (Fsp3) is 0.333. The lowest BCUT2D eigenvalue weighted by molar-refractivity contribution is -0.127. The molecule has 5 rings (SSSR count). The Bertz CT molecular complexity index is 1430. The lowest BCUT2D eigenvalue weighted by Crippen LogP contribution is -2.47. The molecule has 0 saturated heterocycles. The van der Waals surface area contributed by atoms with Crippen molar-refractivity contribution in [1.29, 1.82) is 0 Å². The molecule has 0 radical (unpaired) electrons. The summed E-state index contributed by atoms with van der Waals surface area (Å²) in [4.78, 5) is 30.0. The third-order valence-corrected chi connectivity index (χ3v) is 7.07. The van der Waals surface area contributed by atoms with E-state index in [2.05, 4.69) is 15.6 Å². The molecule has 4 aromatic rings. The van der Waals surface area contributed by atoms with Gasteiger partial charge in [0.1, 0.15) is 23.9 Å². The molecule has 1 aliphatic carbocycles. The van der Waals surface area contributed by atoms with Gasteiger partial charge in [-0.25, -0.2) is 4.68 Å². The molecule has 1 atom stereocenters. The highest BCUT2D eigenvalue weighted by atomic mass is 16.5. The van der Waals surface area contributed by atoms with Crippen LogP contribution in [-0.4, -0.2) is 39.5 Å². The molecule has 8 heteroatoms. The molecule has 3 aromatic carbocycles. The molecule has 0 aliphatic heterocycles. The van der Waals surface area contributed by atoms with E-state index in [1.54, 1.807) is 9.58 Å². The van der Waals surface area contributed by atoms with E-state index < -0.39 is 6.04 Å². The van der Waals surface area contributed by atoms with Crippen molar-refractivity contribution < 1.29 is 14.3 Å². The Kier molecular flexibility index (Phi) is 7.67. The Labute approximate surface area is 222 Å². The molecule has 2 amide bonds. The number of ether oxygens (including phenoxy) is 1. The first-order chi connectivity index (χ1) is 18.6. The molecule has 1 heterocycles. The molecule has 1 N–H and O–H groups in total. The maximum Gasteiger partial charge on any atom is 0.249 e. The summed E-state index contributed by atoms with van der Waals surface area (Å²) in [5.74, 6) is 0.0936. The van der Waals surface area contributed by atoms with Gasteiger partial charge in [0.25, 0.3) is 0 Å². The zero-order chi connectivity index (χ0) is 26.5. The minimum atomic E-state index is -0.929. The summed E-state index contributed by atoms with van der Waals surface area (Å²) in [6.07, 6.45) is 4.06. The minimum absolute atomic E-state index is 0.0706. The molecule has 38 heavy (non-hydrogen) atoms.